The largest absolute Gasteiger partial charge is 0.435 e. The van der Waals surface area contributed by atoms with Crippen LogP contribution in [0.3, 0.4) is 0 Å². The summed E-state index contributed by atoms with van der Waals surface area (Å²) >= 11 is 0. The Labute approximate surface area is 106 Å². The van der Waals surface area contributed by atoms with Crippen molar-refractivity contribution in [1.82, 2.24) is 0 Å². The zero-order valence-electron chi connectivity index (χ0n) is 10.5. The third-order valence-corrected chi connectivity index (χ3v) is 2.64. The Morgan fingerprint density at radius 1 is 1.28 bits per heavy atom. The van der Waals surface area contributed by atoms with Crippen LogP contribution in [0.15, 0.2) is 24.3 Å². The molecule has 18 heavy (non-hydrogen) atoms. The fourth-order valence-corrected chi connectivity index (χ4v) is 1.70. The summed E-state index contributed by atoms with van der Waals surface area (Å²) in [6.07, 6.45) is 4.55. The second-order valence-electron chi connectivity index (χ2n) is 4.14. The van der Waals surface area contributed by atoms with E-state index in [1.807, 2.05) is 0 Å². The zero-order valence-corrected chi connectivity index (χ0v) is 10.5. The molecular formula is C14H18F2O2. The molecule has 0 unspecified atom stereocenters. The zero-order chi connectivity index (χ0) is 13.4. The van der Waals surface area contributed by atoms with Crippen LogP contribution in [0, 0.1) is 0 Å². The number of rotatable bonds is 8. The number of ether oxygens (including phenoxy) is 1. The molecule has 0 aromatic heterocycles. The maximum Gasteiger partial charge on any atom is 0.387 e. The van der Waals surface area contributed by atoms with Gasteiger partial charge in [0.05, 0.1) is 0 Å². The molecule has 0 saturated heterocycles. The van der Waals surface area contributed by atoms with Crippen molar-refractivity contribution in [2.24, 2.45) is 0 Å². The molecule has 0 bridgehead atoms. The van der Waals surface area contributed by atoms with Crippen LogP contribution < -0.4 is 4.74 Å². The second-order valence-corrected chi connectivity index (χ2v) is 4.14. The van der Waals surface area contributed by atoms with Gasteiger partial charge in [0.25, 0.3) is 0 Å². The van der Waals surface area contributed by atoms with Crippen molar-refractivity contribution in [1.29, 1.82) is 0 Å². The Morgan fingerprint density at radius 2 is 2.06 bits per heavy atom. The summed E-state index contributed by atoms with van der Waals surface area (Å²) in [4.78, 5) is 11.8. The number of alkyl halides is 2. The number of carbonyl (C=O) groups excluding carboxylic acids is 1. The quantitative estimate of drug-likeness (QED) is 0.507. The van der Waals surface area contributed by atoms with E-state index in [2.05, 4.69) is 11.7 Å². The Hall–Kier alpha value is -1.45. The van der Waals surface area contributed by atoms with Gasteiger partial charge in [-0.25, -0.2) is 0 Å². The minimum absolute atomic E-state index is 0.0224. The number of hydrogen-bond acceptors (Lipinski definition) is 2. The van der Waals surface area contributed by atoms with E-state index < -0.39 is 6.61 Å². The molecule has 0 aliphatic heterocycles. The van der Waals surface area contributed by atoms with Gasteiger partial charge < -0.3 is 4.74 Å². The molecule has 0 atom stereocenters. The van der Waals surface area contributed by atoms with Crippen molar-refractivity contribution in [2.75, 3.05) is 0 Å². The molecule has 0 N–H and O–H groups in total. The van der Waals surface area contributed by atoms with Gasteiger partial charge in [-0.2, -0.15) is 8.78 Å². The van der Waals surface area contributed by atoms with Crippen molar-refractivity contribution >= 4 is 5.78 Å². The summed E-state index contributed by atoms with van der Waals surface area (Å²) in [5.74, 6) is 0.00947. The number of benzene rings is 1. The van der Waals surface area contributed by atoms with Crippen LogP contribution in [0.5, 0.6) is 5.75 Å². The van der Waals surface area contributed by atoms with Gasteiger partial charge in [0.1, 0.15) is 5.75 Å². The Bertz CT molecular complexity index is 378. The summed E-state index contributed by atoms with van der Waals surface area (Å²) in [6.45, 7) is -0.757. The number of hydrogen-bond donors (Lipinski definition) is 0. The Morgan fingerprint density at radius 3 is 2.72 bits per heavy atom. The van der Waals surface area contributed by atoms with Crippen LogP contribution in [0.1, 0.15) is 49.4 Å². The van der Waals surface area contributed by atoms with Crippen LogP contribution in [0.25, 0.3) is 0 Å². The molecule has 0 amide bonds. The highest BCUT2D eigenvalue weighted by Gasteiger charge is 2.09. The second kappa shape index (κ2) is 7.80. The molecule has 0 aliphatic carbocycles. The molecule has 100 valence electrons. The van der Waals surface area contributed by atoms with E-state index in [0.717, 1.165) is 25.7 Å². The predicted octanol–water partition coefficient (Wildman–Crippen LogP) is 4.44. The van der Waals surface area contributed by atoms with Crippen LogP contribution in [0.4, 0.5) is 8.78 Å². The molecular weight excluding hydrogens is 238 g/mol. The lowest BCUT2D eigenvalue weighted by atomic mass is 10.0. The van der Waals surface area contributed by atoms with Crippen molar-refractivity contribution < 1.29 is 18.3 Å². The minimum atomic E-state index is -2.86. The molecule has 0 radical (unpaired) electrons. The Balaban J connectivity index is 2.51. The van der Waals surface area contributed by atoms with E-state index in [0.29, 0.717) is 12.0 Å². The highest BCUT2D eigenvalue weighted by Crippen LogP contribution is 2.18. The van der Waals surface area contributed by atoms with Gasteiger partial charge in [-0.3, -0.25) is 4.79 Å². The highest BCUT2D eigenvalue weighted by atomic mass is 19.3. The predicted molar refractivity (Wildman–Crippen MR) is 66.2 cm³/mol. The van der Waals surface area contributed by atoms with E-state index in [4.69, 9.17) is 0 Å². The fraction of sp³-hybridized carbons (Fsp3) is 0.500. The molecule has 0 heterocycles. The van der Waals surface area contributed by atoms with E-state index in [1.54, 1.807) is 12.1 Å². The first-order valence-electron chi connectivity index (χ1n) is 6.21. The van der Waals surface area contributed by atoms with Gasteiger partial charge in [-0.15, -0.1) is 0 Å². The van der Waals surface area contributed by atoms with Crippen LogP contribution in [-0.2, 0) is 0 Å². The number of halogens is 2. The van der Waals surface area contributed by atoms with Crippen LogP contribution in [-0.4, -0.2) is 12.4 Å². The minimum Gasteiger partial charge on any atom is -0.435 e. The van der Waals surface area contributed by atoms with Gasteiger partial charge in [-0.1, -0.05) is 38.3 Å². The summed E-state index contributed by atoms with van der Waals surface area (Å²) in [7, 11) is 0. The van der Waals surface area contributed by atoms with E-state index in [9.17, 15) is 13.6 Å². The summed E-state index contributed by atoms with van der Waals surface area (Å²) in [5.41, 5.74) is 0.435. The number of ketones is 1. The molecule has 0 aliphatic rings. The molecule has 2 nitrogen and oxygen atoms in total. The lowest BCUT2D eigenvalue weighted by Gasteiger charge is -2.06. The fourth-order valence-electron chi connectivity index (χ4n) is 1.70. The van der Waals surface area contributed by atoms with Gasteiger partial charge in [0.2, 0.25) is 0 Å². The van der Waals surface area contributed by atoms with Crippen molar-refractivity contribution in [3.8, 4) is 5.75 Å². The Kier molecular flexibility index (Phi) is 6.33. The van der Waals surface area contributed by atoms with Crippen molar-refractivity contribution in [3.63, 3.8) is 0 Å². The van der Waals surface area contributed by atoms with Gasteiger partial charge in [0, 0.05) is 12.0 Å². The van der Waals surface area contributed by atoms with Gasteiger partial charge in [-0.05, 0) is 18.6 Å². The van der Waals surface area contributed by atoms with Gasteiger partial charge >= 0.3 is 6.61 Å². The molecule has 0 spiro atoms. The lowest BCUT2D eigenvalue weighted by molar-refractivity contribution is -0.0498. The maximum absolute atomic E-state index is 12.0. The average Bonchev–Trinajstić information content (AvgIpc) is 2.34. The normalized spacial score (nSPS) is 10.7. The van der Waals surface area contributed by atoms with E-state index in [1.165, 1.54) is 12.1 Å². The van der Waals surface area contributed by atoms with Crippen LogP contribution >= 0.6 is 0 Å². The number of Topliss-reactive ketones (excluding diaryl/α,β-unsaturated/α-hetero) is 1. The topological polar surface area (TPSA) is 26.3 Å². The third-order valence-electron chi connectivity index (χ3n) is 2.64. The first-order valence-corrected chi connectivity index (χ1v) is 6.21. The first kappa shape index (κ1) is 14.6. The number of unbranched alkanes of at least 4 members (excludes halogenated alkanes) is 3. The standard InChI is InChI=1S/C14H18F2O2/c1-2-3-4-5-9-13(17)11-7-6-8-12(10-11)18-14(15)16/h6-8,10,14H,2-5,9H2,1H3. The van der Waals surface area contributed by atoms with Crippen molar-refractivity contribution in [2.45, 2.75) is 45.6 Å². The third kappa shape index (κ3) is 5.25. The lowest BCUT2D eigenvalue weighted by Crippen LogP contribution is -2.04. The van der Waals surface area contributed by atoms with Crippen molar-refractivity contribution in [3.05, 3.63) is 29.8 Å². The van der Waals surface area contributed by atoms with E-state index in [-0.39, 0.29) is 11.5 Å². The molecule has 1 rings (SSSR count). The molecule has 1 aromatic rings. The molecule has 1 aromatic carbocycles. The molecule has 0 fully saturated rings. The maximum atomic E-state index is 12.0. The van der Waals surface area contributed by atoms with Crippen LogP contribution in [0.2, 0.25) is 0 Å². The summed E-state index contributed by atoms with van der Waals surface area (Å²) in [6, 6.07) is 5.96. The monoisotopic (exact) mass is 256 g/mol. The highest BCUT2D eigenvalue weighted by molar-refractivity contribution is 5.96. The van der Waals surface area contributed by atoms with E-state index >= 15 is 0 Å². The average molecular weight is 256 g/mol. The SMILES string of the molecule is CCCCCCC(=O)c1cccc(OC(F)F)c1. The number of carbonyl (C=O) groups is 1. The summed E-state index contributed by atoms with van der Waals surface area (Å²) < 4.78 is 28.3. The first-order chi connectivity index (χ1) is 8.63. The molecule has 4 heteroatoms. The van der Waals surface area contributed by atoms with Gasteiger partial charge in [0.15, 0.2) is 5.78 Å². The summed E-state index contributed by atoms with van der Waals surface area (Å²) in [5, 5.41) is 0. The smallest absolute Gasteiger partial charge is 0.387 e. The molecule has 0 saturated carbocycles.